The molecule has 0 unspecified atom stereocenters. The van der Waals surface area contributed by atoms with Gasteiger partial charge in [-0.1, -0.05) is 0 Å². The van der Waals surface area contributed by atoms with Gasteiger partial charge in [0.05, 0.1) is 0 Å². The van der Waals surface area contributed by atoms with Crippen LogP contribution in [-0.2, 0) is 31.0 Å². The van der Waals surface area contributed by atoms with Crippen molar-refractivity contribution in [3.8, 4) is 0 Å². The quantitative estimate of drug-likeness (QED) is 0.614. The summed E-state index contributed by atoms with van der Waals surface area (Å²) in [5, 5.41) is 7.12. The fraction of sp³-hybridized carbons (Fsp3) is 0.500. The average Bonchev–Trinajstić information content (AvgIpc) is 1.31. The maximum atomic E-state index is 10.6. The third-order valence-corrected chi connectivity index (χ3v) is 0.243. The van der Waals surface area contributed by atoms with Crippen LogP contribution in [0.1, 0.15) is 0 Å². The number of rotatable bonds is 0. The molecular weight excluding hydrogens is 342 g/mol. The number of carboxylic acid groups (broad SMARTS) is 1. The topological polar surface area (TPSA) is 37.3 Å². The average molecular weight is 345 g/mol. The summed E-state index contributed by atoms with van der Waals surface area (Å²) in [7, 11) is 0. The maximum Gasteiger partial charge on any atom is 0 e. The number of halogens is 3. The van der Waals surface area contributed by atoms with Gasteiger partial charge in [-0.2, -0.15) is 13.2 Å². The molecule has 0 aliphatic rings. The summed E-state index contributed by atoms with van der Waals surface area (Å²) in [5.41, 5.74) is 0. The molecule has 50 valence electrons. The molecule has 0 aliphatic heterocycles. The molecule has 0 radical (unpaired) electrons. The predicted octanol–water partition coefficient (Wildman–Crippen LogP) is -0.285. The largest absolute Gasteiger partial charge is 0 e. The summed E-state index contributed by atoms with van der Waals surface area (Å²) in [5.74, 6) is -2.76. The Hall–Kier alpha value is 1.71. The standard InChI is InChI=1S/C2HF3O2.Ba.Zr.2H/c3-2(4,5)1(6)7;;;;/h(H,6,7);;;;. The first-order valence-corrected chi connectivity index (χ1v) is 1.24. The van der Waals surface area contributed by atoms with E-state index in [1.54, 1.807) is 0 Å². The molecule has 0 aromatic heterocycles. The SMILES string of the molecule is O=C(O)C(F)(F)F.[BaH2].[Zr]. The van der Waals surface area contributed by atoms with Gasteiger partial charge in [-0.15, -0.1) is 0 Å². The summed E-state index contributed by atoms with van der Waals surface area (Å²) in [6.45, 7) is 0. The minimum absolute atomic E-state index is 0. The Balaban J connectivity index is -0.000000180. The molecule has 0 spiro atoms. The second-order valence-corrected chi connectivity index (χ2v) is 0.803. The number of carboxylic acids is 1. The second kappa shape index (κ2) is 6.43. The first-order valence-electron chi connectivity index (χ1n) is 1.24. The van der Waals surface area contributed by atoms with E-state index in [1.807, 2.05) is 0 Å². The first kappa shape index (κ1) is 17.0. The van der Waals surface area contributed by atoms with Crippen molar-refractivity contribution < 1.29 is 49.3 Å². The Morgan fingerprint density at radius 3 is 1.44 bits per heavy atom. The molecule has 2 nitrogen and oxygen atoms in total. The summed E-state index contributed by atoms with van der Waals surface area (Å²) >= 11 is 0. The second-order valence-electron chi connectivity index (χ2n) is 0.803. The van der Waals surface area contributed by atoms with Crippen LogP contribution in [0.2, 0.25) is 0 Å². The van der Waals surface area contributed by atoms with E-state index in [1.165, 1.54) is 0 Å². The number of aliphatic carboxylic acids is 1. The zero-order valence-electron chi connectivity index (χ0n) is 3.49. The molecule has 7 heteroatoms. The minimum Gasteiger partial charge on any atom is 0 e. The van der Waals surface area contributed by atoms with Gasteiger partial charge in [0.25, 0.3) is 0 Å². The van der Waals surface area contributed by atoms with E-state index in [-0.39, 0.29) is 75.1 Å². The normalized spacial score (nSPS) is 8.78. The van der Waals surface area contributed by atoms with Crippen molar-refractivity contribution in [1.29, 1.82) is 0 Å². The van der Waals surface area contributed by atoms with Crippen molar-refractivity contribution in [2.45, 2.75) is 6.18 Å². The van der Waals surface area contributed by atoms with Gasteiger partial charge >= 0.3 is 61.0 Å². The van der Waals surface area contributed by atoms with Gasteiger partial charge in [0.15, 0.2) is 0 Å². The fourth-order valence-electron chi connectivity index (χ4n) is 0. The van der Waals surface area contributed by atoms with Crippen LogP contribution in [0.3, 0.4) is 0 Å². The Morgan fingerprint density at radius 2 is 1.44 bits per heavy atom. The van der Waals surface area contributed by atoms with Crippen molar-refractivity contribution in [2.24, 2.45) is 0 Å². The number of hydrogen-bond acceptors (Lipinski definition) is 1. The van der Waals surface area contributed by atoms with Crippen LogP contribution in [-0.4, -0.2) is 66.1 Å². The van der Waals surface area contributed by atoms with Crippen molar-refractivity contribution >= 4 is 54.9 Å². The summed E-state index contributed by atoms with van der Waals surface area (Å²) in [6, 6.07) is 0. The predicted molar refractivity (Wildman–Crippen MR) is 22.2 cm³/mol. The van der Waals surface area contributed by atoms with Gasteiger partial charge in [-0.3, -0.25) is 0 Å². The monoisotopic (exact) mass is 344 g/mol. The Labute approximate surface area is 108 Å². The van der Waals surface area contributed by atoms with Crippen molar-refractivity contribution in [1.82, 2.24) is 0 Å². The van der Waals surface area contributed by atoms with Gasteiger partial charge in [0.1, 0.15) is 0 Å². The molecule has 0 aromatic carbocycles. The fourth-order valence-corrected chi connectivity index (χ4v) is 0. The van der Waals surface area contributed by atoms with Crippen LogP contribution in [0.5, 0.6) is 0 Å². The van der Waals surface area contributed by atoms with Crippen LogP contribution < -0.4 is 0 Å². The third kappa shape index (κ3) is 9.71. The molecule has 9 heavy (non-hydrogen) atoms. The van der Waals surface area contributed by atoms with Crippen molar-refractivity contribution in [3.05, 3.63) is 0 Å². The van der Waals surface area contributed by atoms with Gasteiger partial charge in [0.2, 0.25) is 0 Å². The van der Waals surface area contributed by atoms with E-state index >= 15 is 0 Å². The number of hydrogen-bond donors (Lipinski definition) is 1. The molecule has 0 rings (SSSR count). The van der Waals surface area contributed by atoms with Crippen LogP contribution in [0, 0.1) is 0 Å². The van der Waals surface area contributed by atoms with E-state index in [0.29, 0.717) is 0 Å². The van der Waals surface area contributed by atoms with Crippen LogP contribution in [0.4, 0.5) is 13.2 Å². The Kier molecular flexibility index (Phi) is 12.1. The Morgan fingerprint density at radius 1 is 1.33 bits per heavy atom. The van der Waals surface area contributed by atoms with Crippen molar-refractivity contribution in [2.75, 3.05) is 0 Å². The molecule has 1 N–H and O–H groups in total. The van der Waals surface area contributed by atoms with Gasteiger partial charge in [-0.25, -0.2) is 4.79 Å². The van der Waals surface area contributed by atoms with Crippen molar-refractivity contribution in [3.63, 3.8) is 0 Å². The van der Waals surface area contributed by atoms with Gasteiger partial charge in [0, 0.05) is 26.2 Å². The van der Waals surface area contributed by atoms with Crippen LogP contribution in [0.15, 0.2) is 0 Å². The molecule has 0 bridgehead atoms. The van der Waals surface area contributed by atoms with E-state index < -0.39 is 12.1 Å². The van der Waals surface area contributed by atoms with Crippen LogP contribution in [0.25, 0.3) is 0 Å². The first-order chi connectivity index (χ1) is 2.94. The molecule has 0 saturated heterocycles. The molecule has 0 aliphatic carbocycles. The molecule has 0 amide bonds. The summed E-state index contributed by atoms with van der Waals surface area (Å²) in [4.78, 5) is 8.90. The van der Waals surface area contributed by atoms with E-state index in [9.17, 15) is 13.2 Å². The molecule has 0 aromatic rings. The van der Waals surface area contributed by atoms with E-state index in [2.05, 4.69) is 0 Å². The molecule has 0 atom stereocenters. The minimum atomic E-state index is -5.08. The molecule has 0 heterocycles. The molecular formula is C2H3BaF3O2Zr. The maximum absolute atomic E-state index is 10.6. The number of alkyl halides is 3. The van der Waals surface area contributed by atoms with Gasteiger partial charge < -0.3 is 5.11 Å². The number of carbonyl (C=O) groups is 1. The van der Waals surface area contributed by atoms with Gasteiger partial charge in [-0.05, 0) is 0 Å². The summed E-state index contributed by atoms with van der Waals surface area (Å²) in [6.07, 6.45) is -5.08. The summed E-state index contributed by atoms with van der Waals surface area (Å²) < 4.78 is 31.7. The smallest absolute Gasteiger partial charge is 0 e. The molecule has 0 fully saturated rings. The van der Waals surface area contributed by atoms with E-state index in [0.717, 1.165) is 0 Å². The Bertz CT molecular complexity index is 92.3. The third-order valence-electron chi connectivity index (χ3n) is 0.243. The zero-order chi connectivity index (χ0) is 6.08. The van der Waals surface area contributed by atoms with E-state index in [4.69, 9.17) is 9.90 Å². The zero-order valence-corrected chi connectivity index (χ0v) is 5.95. The molecule has 0 saturated carbocycles. The van der Waals surface area contributed by atoms with Crippen LogP contribution >= 0.6 is 0 Å².